The number of halogens is 2. The molecule has 0 radical (unpaired) electrons. The first kappa shape index (κ1) is 12.6. The molecule has 1 N–H and O–H groups in total. The maximum atomic E-state index is 5.55. The van der Waals surface area contributed by atoms with Gasteiger partial charge in [0.15, 0.2) is 0 Å². The summed E-state index contributed by atoms with van der Waals surface area (Å²) < 4.78 is 6.60. The quantitative estimate of drug-likeness (QED) is 0.898. The molecule has 0 aliphatic heterocycles. The highest BCUT2D eigenvalue weighted by atomic mass is 79.9. The topological polar surface area (TPSA) is 21.3 Å². The van der Waals surface area contributed by atoms with Crippen molar-refractivity contribution in [2.45, 2.75) is 6.54 Å². The zero-order valence-electron chi connectivity index (χ0n) is 8.47. The minimum Gasteiger partial charge on any atom is -0.489 e. The van der Waals surface area contributed by atoms with Crippen molar-refractivity contribution in [3.8, 4) is 5.75 Å². The molecule has 0 aliphatic carbocycles. The van der Waals surface area contributed by atoms with E-state index in [4.69, 9.17) is 16.3 Å². The Morgan fingerprint density at radius 3 is 3.00 bits per heavy atom. The first-order valence-electron chi connectivity index (χ1n) is 4.59. The van der Waals surface area contributed by atoms with Gasteiger partial charge in [-0.05, 0) is 31.3 Å². The normalized spacial score (nSPS) is 10.9. The Bertz CT molecular complexity index is 341. The van der Waals surface area contributed by atoms with E-state index in [-0.39, 0.29) is 0 Å². The van der Waals surface area contributed by atoms with Crippen LogP contribution in [0.3, 0.4) is 0 Å². The van der Waals surface area contributed by atoms with Crippen molar-refractivity contribution in [2.24, 2.45) is 0 Å². The predicted molar refractivity (Wildman–Crippen MR) is 67.4 cm³/mol. The summed E-state index contributed by atoms with van der Waals surface area (Å²) in [5.41, 5.74) is 2.58. The largest absolute Gasteiger partial charge is 0.489 e. The van der Waals surface area contributed by atoms with Crippen LogP contribution in [0.2, 0.25) is 0 Å². The molecule has 1 aromatic rings. The van der Waals surface area contributed by atoms with Gasteiger partial charge in [-0.15, -0.1) is 0 Å². The van der Waals surface area contributed by atoms with E-state index in [0.717, 1.165) is 22.3 Å². The average molecular weight is 291 g/mol. The van der Waals surface area contributed by atoms with Gasteiger partial charge >= 0.3 is 0 Å². The number of ether oxygens (including phenoxy) is 1. The van der Waals surface area contributed by atoms with Crippen molar-refractivity contribution in [2.75, 3.05) is 13.7 Å². The maximum Gasteiger partial charge on any atom is 0.124 e. The average Bonchev–Trinajstić information content (AvgIpc) is 2.22. The molecule has 0 saturated heterocycles. The van der Waals surface area contributed by atoms with E-state index >= 15 is 0 Å². The second kappa shape index (κ2) is 6.88. The van der Waals surface area contributed by atoms with Gasteiger partial charge in [0, 0.05) is 22.1 Å². The van der Waals surface area contributed by atoms with Crippen LogP contribution in [0.15, 0.2) is 34.3 Å². The van der Waals surface area contributed by atoms with E-state index in [1.165, 1.54) is 5.54 Å². The lowest BCUT2D eigenvalue weighted by atomic mass is 10.2. The summed E-state index contributed by atoms with van der Waals surface area (Å²) >= 11 is 8.84. The smallest absolute Gasteiger partial charge is 0.124 e. The molecule has 0 spiro atoms. The van der Waals surface area contributed by atoms with E-state index in [2.05, 4.69) is 21.2 Å². The van der Waals surface area contributed by atoms with Crippen LogP contribution >= 0.6 is 27.5 Å². The van der Waals surface area contributed by atoms with Crippen LogP contribution in [0.25, 0.3) is 0 Å². The number of rotatable bonds is 5. The molecule has 0 aliphatic rings. The van der Waals surface area contributed by atoms with Crippen LogP contribution in [0.1, 0.15) is 5.56 Å². The fraction of sp³-hybridized carbons (Fsp3) is 0.273. The Balaban J connectivity index is 2.75. The summed E-state index contributed by atoms with van der Waals surface area (Å²) in [6.45, 7) is 1.27. The molecule has 0 bridgehead atoms. The SMILES string of the molecule is CNCc1cc(Br)ccc1OC/C=C/Cl. The van der Waals surface area contributed by atoms with Crippen LogP contribution in [-0.2, 0) is 6.54 Å². The molecule has 1 aromatic carbocycles. The standard InChI is InChI=1S/C11H13BrClNO/c1-14-8-9-7-10(12)3-4-11(9)15-6-2-5-13/h2-5,7,14H,6,8H2,1H3/b5-2+. The molecule has 0 atom stereocenters. The third kappa shape index (κ3) is 4.24. The Morgan fingerprint density at radius 1 is 1.53 bits per heavy atom. The number of hydrogen-bond acceptors (Lipinski definition) is 2. The molecule has 0 unspecified atom stereocenters. The van der Waals surface area contributed by atoms with Gasteiger partial charge in [-0.2, -0.15) is 0 Å². The fourth-order valence-electron chi connectivity index (χ4n) is 1.19. The Hall–Kier alpha value is -0.510. The summed E-state index contributed by atoms with van der Waals surface area (Å²) in [6.07, 6.45) is 1.76. The summed E-state index contributed by atoms with van der Waals surface area (Å²) in [6, 6.07) is 5.94. The van der Waals surface area contributed by atoms with Crippen molar-refractivity contribution in [1.82, 2.24) is 5.32 Å². The van der Waals surface area contributed by atoms with E-state index < -0.39 is 0 Å². The summed E-state index contributed by atoms with van der Waals surface area (Å²) in [5.74, 6) is 0.877. The predicted octanol–water partition coefficient (Wildman–Crippen LogP) is 3.30. The molecule has 15 heavy (non-hydrogen) atoms. The van der Waals surface area contributed by atoms with Gasteiger partial charge in [0.25, 0.3) is 0 Å². The minimum atomic E-state index is 0.488. The summed E-state index contributed by atoms with van der Waals surface area (Å²) in [7, 11) is 1.91. The minimum absolute atomic E-state index is 0.488. The van der Waals surface area contributed by atoms with Crippen LogP contribution in [0, 0.1) is 0 Å². The van der Waals surface area contributed by atoms with Gasteiger partial charge in [-0.1, -0.05) is 27.5 Å². The third-order valence-corrected chi connectivity index (χ3v) is 2.49. The van der Waals surface area contributed by atoms with Crippen molar-refractivity contribution in [1.29, 1.82) is 0 Å². The van der Waals surface area contributed by atoms with Gasteiger partial charge in [0.1, 0.15) is 12.4 Å². The lowest BCUT2D eigenvalue weighted by Crippen LogP contribution is -2.07. The Morgan fingerprint density at radius 2 is 2.33 bits per heavy atom. The van der Waals surface area contributed by atoms with Crippen molar-refractivity contribution in [3.63, 3.8) is 0 Å². The molecule has 0 saturated carbocycles. The fourth-order valence-corrected chi connectivity index (χ4v) is 1.67. The van der Waals surface area contributed by atoms with E-state index in [9.17, 15) is 0 Å². The third-order valence-electron chi connectivity index (χ3n) is 1.81. The van der Waals surface area contributed by atoms with Gasteiger partial charge in [-0.3, -0.25) is 0 Å². The molecule has 82 valence electrons. The number of hydrogen-bond donors (Lipinski definition) is 1. The first-order chi connectivity index (χ1) is 7.27. The zero-order valence-corrected chi connectivity index (χ0v) is 10.8. The summed E-state index contributed by atoms with van der Waals surface area (Å²) in [5, 5.41) is 3.10. The van der Waals surface area contributed by atoms with Crippen LogP contribution in [-0.4, -0.2) is 13.7 Å². The second-order valence-corrected chi connectivity index (χ2v) is 4.12. The first-order valence-corrected chi connectivity index (χ1v) is 5.82. The van der Waals surface area contributed by atoms with Crippen LogP contribution in [0.5, 0.6) is 5.75 Å². The van der Waals surface area contributed by atoms with Gasteiger partial charge in [0.05, 0.1) is 0 Å². The Labute approximate surface area is 103 Å². The lowest BCUT2D eigenvalue weighted by Gasteiger charge is -2.10. The summed E-state index contributed by atoms with van der Waals surface area (Å²) in [4.78, 5) is 0. The van der Waals surface area contributed by atoms with Gasteiger partial charge in [-0.25, -0.2) is 0 Å². The van der Waals surface area contributed by atoms with Crippen LogP contribution in [0.4, 0.5) is 0 Å². The molecule has 2 nitrogen and oxygen atoms in total. The van der Waals surface area contributed by atoms with Gasteiger partial charge in [0.2, 0.25) is 0 Å². The molecule has 4 heteroatoms. The van der Waals surface area contributed by atoms with E-state index in [1.807, 2.05) is 25.2 Å². The van der Waals surface area contributed by atoms with Crippen molar-refractivity contribution < 1.29 is 4.74 Å². The monoisotopic (exact) mass is 289 g/mol. The zero-order chi connectivity index (χ0) is 11.1. The highest BCUT2D eigenvalue weighted by Gasteiger charge is 2.02. The highest BCUT2D eigenvalue weighted by molar-refractivity contribution is 9.10. The van der Waals surface area contributed by atoms with Gasteiger partial charge < -0.3 is 10.1 Å². The van der Waals surface area contributed by atoms with E-state index in [0.29, 0.717) is 6.61 Å². The molecule has 0 fully saturated rings. The van der Waals surface area contributed by atoms with Crippen LogP contribution < -0.4 is 10.1 Å². The van der Waals surface area contributed by atoms with Crippen molar-refractivity contribution in [3.05, 3.63) is 39.8 Å². The van der Waals surface area contributed by atoms with Crippen molar-refractivity contribution >= 4 is 27.5 Å². The maximum absolute atomic E-state index is 5.55. The molecule has 1 rings (SSSR count). The molecule has 0 heterocycles. The Kier molecular flexibility index (Phi) is 5.76. The molecular formula is C11H13BrClNO. The second-order valence-electron chi connectivity index (χ2n) is 2.96. The molecule has 0 amide bonds. The molecule has 0 aromatic heterocycles. The molecular weight excluding hydrogens is 277 g/mol. The lowest BCUT2D eigenvalue weighted by molar-refractivity contribution is 0.358. The highest BCUT2D eigenvalue weighted by Crippen LogP contribution is 2.23. The van der Waals surface area contributed by atoms with E-state index in [1.54, 1.807) is 6.08 Å². The number of benzene rings is 1. The number of nitrogens with one attached hydrogen (secondary N) is 1.